The van der Waals surface area contributed by atoms with Gasteiger partial charge in [0.05, 0.1) is 26.9 Å². The maximum Gasteiger partial charge on any atom is 0.417 e. The predicted molar refractivity (Wildman–Crippen MR) is 110 cm³/mol. The number of rotatable bonds is 4. The fraction of sp³-hybridized carbons (Fsp3) is 0.100. The second kappa shape index (κ2) is 8.32. The van der Waals surface area contributed by atoms with Crippen LogP contribution in [-0.2, 0) is 6.18 Å². The number of aromatic nitrogens is 1. The van der Waals surface area contributed by atoms with Crippen molar-refractivity contribution in [2.45, 2.75) is 12.8 Å². The summed E-state index contributed by atoms with van der Waals surface area (Å²) in [5, 5.41) is 11.1. The number of furan rings is 1. The number of nitrogens with zero attached hydrogens (tertiary/aromatic N) is 2. The quantitative estimate of drug-likeness (QED) is 0.219. The molecule has 0 atom stereocenters. The van der Waals surface area contributed by atoms with Crippen LogP contribution in [0, 0.1) is 5.21 Å². The molecule has 2 aromatic carbocycles. The Bertz CT molecular complexity index is 1370. The molecule has 4 aromatic rings. The van der Waals surface area contributed by atoms with Crippen molar-refractivity contribution >= 4 is 56.7 Å². The van der Waals surface area contributed by atoms with Gasteiger partial charge in [-0.1, -0.05) is 41.4 Å². The average molecular weight is 506 g/mol. The van der Waals surface area contributed by atoms with Crippen molar-refractivity contribution in [3.63, 3.8) is 0 Å². The zero-order valence-electron chi connectivity index (χ0n) is 15.8. The van der Waals surface area contributed by atoms with Crippen molar-refractivity contribution < 1.29 is 35.9 Å². The highest BCUT2D eigenvalue weighted by Crippen LogP contribution is 2.45. The van der Waals surface area contributed by atoms with E-state index in [2.05, 4.69) is 9.72 Å². The number of para-hydroxylation sites is 1. The highest BCUT2D eigenvalue weighted by Gasteiger charge is 2.40. The summed E-state index contributed by atoms with van der Waals surface area (Å²) in [6, 6.07) is 5.71. The largest absolute Gasteiger partial charge is 0.751 e. The topological polar surface area (TPSA) is 78.6 Å². The van der Waals surface area contributed by atoms with E-state index in [1.165, 1.54) is 24.3 Å². The van der Waals surface area contributed by atoms with Gasteiger partial charge >= 0.3 is 12.8 Å². The predicted octanol–water partition coefficient (Wildman–Crippen LogP) is 7.05. The third-order valence-corrected chi connectivity index (χ3v) is 5.12. The van der Waals surface area contributed by atoms with Crippen molar-refractivity contribution in [2.24, 2.45) is 0 Å². The van der Waals surface area contributed by atoms with Crippen molar-refractivity contribution in [3.05, 3.63) is 69.1 Å². The van der Waals surface area contributed by atoms with Gasteiger partial charge in [-0.2, -0.15) is 22.0 Å². The van der Waals surface area contributed by atoms with Crippen LogP contribution in [0.15, 0.2) is 47.1 Å². The van der Waals surface area contributed by atoms with Crippen LogP contribution in [0.25, 0.3) is 21.9 Å². The van der Waals surface area contributed by atoms with Crippen LogP contribution in [0.4, 0.5) is 27.6 Å². The lowest BCUT2D eigenvalue weighted by atomic mass is 9.98. The van der Waals surface area contributed by atoms with Gasteiger partial charge in [-0.3, -0.25) is 9.78 Å². The molecule has 0 aliphatic heterocycles. The summed E-state index contributed by atoms with van der Waals surface area (Å²) in [4.78, 5) is 16.8. The summed E-state index contributed by atoms with van der Waals surface area (Å²) >= 11 is 11.8. The van der Waals surface area contributed by atoms with Crippen LogP contribution < -0.4 is 9.80 Å². The lowest BCUT2D eigenvalue weighted by Crippen LogP contribution is -2.28. The van der Waals surface area contributed by atoms with Gasteiger partial charge in [-0.25, -0.2) is 0 Å². The van der Waals surface area contributed by atoms with Gasteiger partial charge < -0.3 is 19.4 Å². The van der Waals surface area contributed by atoms with E-state index in [4.69, 9.17) is 27.6 Å². The summed E-state index contributed by atoms with van der Waals surface area (Å²) in [5.41, 5.74) is -4.08. The highest BCUT2D eigenvalue weighted by molar-refractivity contribution is 6.40. The first-order valence-corrected chi connectivity index (χ1v) is 9.57. The zero-order chi connectivity index (χ0) is 24.1. The van der Waals surface area contributed by atoms with Crippen molar-refractivity contribution in [1.29, 1.82) is 0 Å². The Kier molecular flexibility index (Phi) is 5.81. The Morgan fingerprint density at radius 1 is 1.15 bits per heavy atom. The summed E-state index contributed by atoms with van der Waals surface area (Å²) in [5.74, 6) is -2.67. The van der Waals surface area contributed by atoms with E-state index in [1.54, 1.807) is 0 Å². The number of pyridine rings is 1. The van der Waals surface area contributed by atoms with Gasteiger partial charge in [-0.15, -0.1) is 0 Å². The van der Waals surface area contributed by atoms with Gasteiger partial charge in [-0.05, 0) is 12.1 Å². The molecule has 0 saturated carbocycles. The Labute approximate surface area is 190 Å². The number of amides is 1. The Balaban J connectivity index is 2.09. The highest BCUT2D eigenvalue weighted by atomic mass is 35.5. The van der Waals surface area contributed by atoms with Gasteiger partial charge in [0.1, 0.15) is 5.58 Å². The lowest BCUT2D eigenvalue weighted by molar-refractivity contribution is -0.138. The second-order valence-electron chi connectivity index (χ2n) is 6.53. The number of alkyl halides is 5. The minimum atomic E-state index is -5.25. The first kappa shape index (κ1) is 23.0. The number of ether oxygens (including phenoxy) is 1. The molecule has 0 N–H and O–H groups in total. The summed E-state index contributed by atoms with van der Waals surface area (Å²) < 4.78 is 77.4. The van der Waals surface area contributed by atoms with E-state index in [9.17, 15) is 32.0 Å². The Morgan fingerprint density at radius 3 is 2.39 bits per heavy atom. The number of halogens is 7. The second-order valence-corrected chi connectivity index (χ2v) is 7.34. The van der Waals surface area contributed by atoms with Gasteiger partial charge in [0, 0.05) is 23.2 Å². The first-order chi connectivity index (χ1) is 15.5. The summed E-state index contributed by atoms with van der Waals surface area (Å²) in [6.45, 7) is -3.49. The minimum absolute atomic E-state index is 0.0302. The molecule has 2 aromatic heterocycles. The number of carbonyl (C=O) groups excluding carboxylic acids is 1. The lowest BCUT2D eigenvalue weighted by Gasteiger charge is -2.31. The number of hydrogen-bond donors (Lipinski definition) is 0. The van der Waals surface area contributed by atoms with Gasteiger partial charge in [0.25, 0.3) is 0 Å². The number of fused-ring (bicyclic) bond motifs is 3. The van der Waals surface area contributed by atoms with E-state index in [1.807, 2.05) is 0 Å². The molecule has 0 aliphatic rings. The molecule has 0 fully saturated rings. The molecule has 0 saturated heterocycles. The summed E-state index contributed by atoms with van der Waals surface area (Å²) in [7, 11) is 0. The van der Waals surface area contributed by atoms with Crippen LogP contribution in [0.2, 0.25) is 10.0 Å². The molecule has 0 unspecified atom stereocenters. The van der Waals surface area contributed by atoms with E-state index in [0.717, 1.165) is 12.4 Å². The fourth-order valence-electron chi connectivity index (χ4n) is 3.30. The third kappa shape index (κ3) is 4.03. The van der Waals surface area contributed by atoms with Crippen LogP contribution in [-0.4, -0.2) is 17.5 Å². The van der Waals surface area contributed by atoms with Crippen LogP contribution >= 0.6 is 23.2 Å². The molecule has 1 amide bonds. The van der Waals surface area contributed by atoms with Crippen molar-refractivity contribution in [3.8, 4) is 5.75 Å². The molecule has 0 spiro atoms. The Hall–Kier alpha value is -3.15. The number of hydrogen-bond acceptors (Lipinski definition) is 5. The Morgan fingerprint density at radius 2 is 1.79 bits per heavy atom. The molecule has 13 heteroatoms. The summed E-state index contributed by atoms with van der Waals surface area (Å²) in [6.07, 6.45) is -3.31. The first-order valence-electron chi connectivity index (χ1n) is 8.81. The molecule has 172 valence electrons. The molecule has 0 radical (unpaired) electrons. The van der Waals surface area contributed by atoms with Gasteiger partial charge in [0.2, 0.25) is 5.91 Å². The SMILES string of the molecule is O=C(c1c(C(F)(F)F)cc(OC(F)F)c2oc3ccccc3c12)N([O-])c1c(Cl)cncc1Cl. The minimum Gasteiger partial charge on any atom is -0.751 e. The number of anilines is 1. The van der Waals surface area contributed by atoms with E-state index in [-0.39, 0.29) is 17.0 Å². The smallest absolute Gasteiger partial charge is 0.417 e. The normalized spacial score (nSPS) is 12.0. The van der Waals surface area contributed by atoms with Crippen LogP contribution in [0.1, 0.15) is 15.9 Å². The molecule has 4 rings (SSSR count). The maximum absolute atomic E-state index is 14.0. The number of benzene rings is 2. The van der Waals surface area contributed by atoms with Crippen molar-refractivity contribution in [1.82, 2.24) is 4.98 Å². The molecular weight excluding hydrogens is 498 g/mol. The molecule has 0 aliphatic carbocycles. The van der Waals surface area contributed by atoms with E-state index in [0.29, 0.717) is 0 Å². The maximum atomic E-state index is 14.0. The van der Waals surface area contributed by atoms with Crippen LogP contribution in [0.3, 0.4) is 0 Å². The molecule has 33 heavy (non-hydrogen) atoms. The average Bonchev–Trinajstić information content (AvgIpc) is 3.12. The molecule has 6 nitrogen and oxygen atoms in total. The van der Waals surface area contributed by atoms with E-state index < -0.39 is 67.3 Å². The monoisotopic (exact) mass is 505 g/mol. The number of hydroxylamine groups is 1. The van der Waals surface area contributed by atoms with E-state index >= 15 is 0 Å². The molecule has 2 heterocycles. The molecule has 0 bridgehead atoms. The standard InChI is InChI=1S/C20H8Cl2F5N2O4/c21-10-6-28-7-11(22)16(10)29(31)18(30)15-9(20(25,26)27)5-13(33-19(23)24)17-14(15)8-3-1-2-4-12(8)32-17/h1-7,19H/q-1. The molecular formula is C20H8Cl2F5N2O4-. The third-order valence-electron chi connectivity index (χ3n) is 4.57. The van der Waals surface area contributed by atoms with Crippen LogP contribution in [0.5, 0.6) is 5.75 Å². The van der Waals surface area contributed by atoms with Crippen molar-refractivity contribution in [2.75, 3.05) is 5.06 Å². The number of carbonyl (C=O) groups is 1. The van der Waals surface area contributed by atoms with Gasteiger partial charge in [0.15, 0.2) is 11.3 Å². The zero-order valence-corrected chi connectivity index (χ0v) is 17.3. The fourth-order valence-corrected chi connectivity index (χ4v) is 3.82.